The standard InChI is InChI=1S/C17H17F3N2O2/c1-2-23-16(24-11-12-5-3-7-14(21)9-12)22-15-8-4-6-13(10-15)17(18,19)20/h3-10H,2,11,21H2,1H3. The van der Waals surface area contributed by atoms with E-state index in [2.05, 4.69) is 4.99 Å². The van der Waals surface area contributed by atoms with Crippen LogP contribution in [0.2, 0.25) is 0 Å². The van der Waals surface area contributed by atoms with Crippen molar-refractivity contribution in [1.29, 1.82) is 0 Å². The molecular formula is C17H17F3N2O2. The maximum absolute atomic E-state index is 12.7. The smallest absolute Gasteiger partial charge is 0.416 e. The van der Waals surface area contributed by atoms with Crippen LogP contribution in [0, 0.1) is 0 Å². The molecule has 0 aliphatic carbocycles. The summed E-state index contributed by atoms with van der Waals surface area (Å²) in [5, 5.41) is 0. The van der Waals surface area contributed by atoms with Crippen LogP contribution in [0.25, 0.3) is 0 Å². The number of halogens is 3. The molecule has 0 aliphatic heterocycles. The number of benzene rings is 2. The zero-order chi connectivity index (χ0) is 17.6. The highest BCUT2D eigenvalue weighted by Crippen LogP contribution is 2.31. The molecule has 0 amide bonds. The summed E-state index contributed by atoms with van der Waals surface area (Å²) in [6, 6.07) is 11.7. The molecule has 128 valence electrons. The van der Waals surface area contributed by atoms with Gasteiger partial charge in [0.15, 0.2) is 0 Å². The van der Waals surface area contributed by atoms with E-state index < -0.39 is 11.7 Å². The van der Waals surface area contributed by atoms with Gasteiger partial charge < -0.3 is 15.2 Å². The molecule has 2 aromatic carbocycles. The van der Waals surface area contributed by atoms with Gasteiger partial charge in [0.25, 0.3) is 0 Å². The number of anilines is 1. The summed E-state index contributed by atoms with van der Waals surface area (Å²) < 4.78 is 48.9. The van der Waals surface area contributed by atoms with Gasteiger partial charge in [-0.1, -0.05) is 18.2 Å². The lowest BCUT2D eigenvalue weighted by atomic mass is 10.2. The molecule has 0 atom stereocenters. The lowest BCUT2D eigenvalue weighted by Gasteiger charge is -2.11. The van der Waals surface area contributed by atoms with E-state index in [1.54, 1.807) is 25.1 Å². The lowest BCUT2D eigenvalue weighted by Crippen LogP contribution is -2.10. The zero-order valence-corrected chi connectivity index (χ0v) is 13.0. The van der Waals surface area contributed by atoms with Crippen molar-refractivity contribution in [2.24, 2.45) is 4.99 Å². The molecule has 0 bridgehead atoms. The normalized spacial score (nSPS) is 12.1. The third-order valence-electron chi connectivity index (χ3n) is 2.98. The van der Waals surface area contributed by atoms with Crippen molar-refractivity contribution in [1.82, 2.24) is 0 Å². The van der Waals surface area contributed by atoms with Gasteiger partial charge in [0, 0.05) is 5.69 Å². The largest absolute Gasteiger partial charge is 0.451 e. The summed E-state index contributed by atoms with van der Waals surface area (Å²) in [6.45, 7) is 2.14. The van der Waals surface area contributed by atoms with Crippen LogP contribution < -0.4 is 5.73 Å². The van der Waals surface area contributed by atoms with Crippen LogP contribution in [-0.4, -0.2) is 12.7 Å². The second kappa shape index (κ2) is 7.72. The first-order valence-corrected chi connectivity index (χ1v) is 7.24. The Morgan fingerprint density at radius 3 is 2.50 bits per heavy atom. The quantitative estimate of drug-likeness (QED) is 0.506. The Bertz CT molecular complexity index is 715. The monoisotopic (exact) mass is 338 g/mol. The van der Waals surface area contributed by atoms with Crippen LogP contribution in [-0.2, 0) is 22.3 Å². The molecule has 0 aromatic heterocycles. The molecule has 0 spiro atoms. The lowest BCUT2D eigenvalue weighted by molar-refractivity contribution is -0.137. The van der Waals surface area contributed by atoms with Crippen LogP contribution in [0.4, 0.5) is 24.5 Å². The minimum Gasteiger partial charge on any atom is -0.451 e. The fourth-order valence-electron chi connectivity index (χ4n) is 1.91. The highest BCUT2D eigenvalue weighted by molar-refractivity contribution is 5.71. The number of nitrogens with two attached hydrogens (primary N) is 1. The van der Waals surface area contributed by atoms with Crippen molar-refractivity contribution in [3.05, 3.63) is 59.7 Å². The van der Waals surface area contributed by atoms with E-state index in [4.69, 9.17) is 15.2 Å². The van der Waals surface area contributed by atoms with Gasteiger partial charge in [-0.05, 0) is 42.8 Å². The maximum Gasteiger partial charge on any atom is 0.416 e. The van der Waals surface area contributed by atoms with Gasteiger partial charge in [-0.15, -0.1) is 0 Å². The Hall–Kier alpha value is -2.70. The predicted molar refractivity (Wildman–Crippen MR) is 85.8 cm³/mol. The molecule has 2 rings (SSSR count). The Morgan fingerprint density at radius 2 is 1.83 bits per heavy atom. The number of alkyl halides is 3. The Kier molecular flexibility index (Phi) is 5.68. The third-order valence-corrected chi connectivity index (χ3v) is 2.98. The molecule has 0 unspecified atom stereocenters. The molecule has 0 aliphatic rings. The van der Waals surface area contributed by atoms with Crippen molar-refractivity contribution in [2.75, 3.05) is 12.3 Å². The average Bonchev–Trinajstić information content (AvgIpc) is 2.52. The molecule has 2 N–H and O–H groups in total. The number of aliphatic imine (C=N–C) groups is 1. The second-order valence-corrected chi connectivity index (χ2v) is 4.89. The summed E-state index contributed by atoms with van der Waals surface area (Å²) in [5.74, 6) is 0. The van der Waals surface area contributed by atoms with Crippen LogP contribution in [0.3, 0.4) is 0 Å². The Balaban J connectivity index is 2.16. The number of ether oxygens (including phenoxy) is 2. The summed E-state index contributed by atoms with van der Waals surface area (Å²) in [4.78, 5) is 4.00. The second-order valence-electron chi connectivity index (χ2n) is 4.89. The van der Waals surface area contributed by atoms with Gasteiger partial charge in [-0.25, -0.2) is 0 Å². The predicted octanol–water partition coefficient (Wildman–Crippen LogP) is 4.53. The molecule has 2 aromatic rings. The summed E-state index contributed by atoms with van der Waals surface area (Å²) in [6.07, 6.45) is -4.53. The van der Waals surface area contributed by atoms with Crippen LogP contribution in [0.1, 0.15) is 18.1 Å². The van der Waals surface area contributed by atoms with Gasteiger partial charge in [-0.3, -0.25) is 0 Å². The van der Waals surface area contributed by atoms with E-state index in [-0.39, 0.29) is 25.0 Å². The van der Waals surface area contributed by atoms with E-state index in [0.717, 1.165) is 17.7 Å². The van der Waals surface area contributed by atoms with E-state index >= 15 is 0 Å². The summed E-state index contributed by atoms with van der Waals surface area (Å²) in [7, 11) is 0. The first-order chi connectivity index (χ1) is 11.4. The zero-order valence-electron chi connectivity index (χ0n) is 13.0. The number of nitrogen functional groups attached to an aromatic ring is 1. The summed E-state index contributed by atoms with van der Waals surface area (Å²) >= 11 is 0. The Morgan fingerprint density at radius 1 is 1.08 bits per heavy atom. The van der Waals surface area contributed by atoms with Gasteiger partial charge >= 0.3 is 12.3 Å². The van der Waals surface area contributed by atoms with Crippen molar-refractivity contribution < 1.29 is 22.6 Å². The molecular weight excluding hydrogens is 321 g/mol. The van der Waals surface area contributed by atoms with Crippen LogP contribution in [0.15, 0.2) is 53.5 Å². The molecule has 24 heavy (non-hydrogen) atoms. The number of nitrogens with zero attached hydrogens (tertiary/aromatic N) is 1. The molecule has 7 heteroatoms. The minimum atomic E-state index is -4.43. The first-order valence-electron chi connectivity index (χ1n) is 7.24. The van der Waals surface area contributed by atoms with Gasteiger partial charge in [0.1, 0.15) is 6.61 Å². The van der Waals surface area contributed by atoms with Crippen molar-refractivity contribution in [3.8, 4) is 0 Å². The van der Waals surface area contributed by atoms with E-state index in [1.165, 1.54) is 12.1 Å². The highest BCUT2D eigenvalue weighted by Gasteiger charge is 2.30. The molecule has 0 heterocycles. The third kappa shape index (κ3) is 5.19. The first kappa shape index (κ1) is 17.7. The molecule has 0 radical (unpaired) electrons. The van der Waals surface area contributed by atoms with Crippen molar-refractivity contribution in [2.45, 2.75) is 19.7 Å². The maximum atomic E-state index is 12.7. The minimum absolute atomic E-state index is 0.0979. The molecule has 0 saturated heterocycles. The van der Waals surface area contributed by atoms with E-state index in [1.807, 2.05) is 6.07 Å². The van der Waals surface area contributed by atoms with Crippen LogP contribution >= 0.6 is 0 Å². The topological polar surface area (TPSA) is 56.8 Å². The fourth-order valence-corrected chi connectivity index (χ4v) is 1.91. The van der Waals surface area contributed by atoms with Crippen LogP contribution in [0.5, 0.6) is 0 Å². The van der Waals surface area contributed by atoms with E-state index in [0.29, 0.717) is 5.69 Å². The SMILES string of the molecule is CCOC(=Nc1cccc(C(F)(F)F)c1)OCc1cccc(N)c1. The number of hydrogen-bond acceptors (Lipinski definition) is 4. The summed E-state index contributed by atoms with van der Waals surface area (Å²) in [5.41, 5.74) is 6.38. The van der Waals surface area contributed by atoms with Crippen molar-refractivity contribution >= 4 is 17.5 Å². The van der Waals surface area contributed by atoms with Gasteiger partial charge in [-0.2, -0.15) is 18.2 Å². The molecule has 0 fully saturated rings. The fraction of sp³-hybridized carbons (Fsp3) is 0.235. The number of hydrogen-bond donors (Lipinski definition) is 1. The Labute approximate surface area is 137 Å². The van der Waals surface area contributed by atoms with Gasteiger partial charge in [0.2, 0.25) is 0 Å². The molecule has 0 saturated carbocycles. The molecule has 4 nitrogen and oxygen atoms in total. The van der Waals surface area contributed by atoms with E-state index in [9.17, 15) is 13.2 Å². The highest BCUT2D eigenvalue weighted by atomic mass is 19.4. The van der Waals surface area contributed by atoms with Gasteiger partial charge in [0.05, 0.1) is 17.9 Å². The number of rotatable bonds is 4. The van der Waals surface area contributed by atoms with Crippen molar-refractivity contribution in [3.63, 3.8) is 0 Å². The average molecular weight is 338 g/mol.